The molecule has 0 aromatic rings. The highest BCUT2D eigenvalue weighted by atomic mass is 32.2. The fraction of sp³-hybridized carbons (Fsp3) is 1.00. The van der Waals surface area contributed by atoms with Gasteiger partial charge in [-0.15, -0.1) is 0 Å². The summed E-state index contributed by atoms with van der Waals surface area (Å²) in [6.07, 6.45) is 6.27. The van der Waals surface area contributed by atoms with Crippen molar-refractivity contribution in [3.63, 3.8) is 0 Å². The van der Waals surface area contributed by atoms with E-state index in [4.69, 9.17) is 0 Å². The van der Waals surface area contributed by atoms with Gasteiger partial charge in [0.05, 0.1) is 0 Å². The lowest BCUT2D eigenvalue weighted by Crippen LogP contribution is -2.54. The summed E-state index contributed by atoms with van der Waals surface area (Å²) in [4.78, 5) is 0. The summed E-state index contributed by atoms with van der Waals surface area (Å²) >= 11 is 0. The summed E-state index contributed by atoms with van der Waals surface area (Å²) in [7, 11) is -3.26. The Hall–Kier alpha value is -0.170. The minimum atomic E-state index is -3.26. The van der Waals surface area contributed by atoms with Crippen LogP contribution >= 0.6 is 0 Å². The number of hydrogen-bond acceptors (Lipinski definition) is 3. The molecule has 0 aliphatic carbocycles. The Kier molecular flexibility index (Phi) is 5.84. The zero-order chi connectivity index (χ0) is 14.6. The van der Waals surface area contributed by atoms with Gasteiger partial charge in [-0.05, 0) is 25.7 Å². The molecule has 0 spiro atoms. The number of nitrogens with one attached hydrogen (secondary N) is 1. The zero-order valence-corrected chi connectivity index (χ0v) is 13.7. The molecule has 2 saturated heterocycles. The van der Waals surface area contributed by atoms with Crippen molar-refractivity contribution >= 4 is 10.2 Å². The molecule has 2 aliphatic heterocycles. The Morgan fingerprint density at radius 1 is 1.05 bits per heavy atom. The molecule has 0 aromatic heterocycles. The fourth-order valence-electron chi connectivity index (χ4n) is 3.10. The largest absolute Gasteiger partial charge is 0.313 e. The molecular weight excluding hydrogens is 274 g/mol. The lowest BCUT2D eigenvalue weighted by Gasteiger charge is -2.39. The molecule has 6 heteroatoms. The molecule has 2 rings (SSSR count). The molecule has 118 valence electrons. The van der Waals surface area contributed by atoms with Gasteiger partial charge in [-0.3, -0.25) is 0 Å². The summed E-state index contributed by atoms with van der Waals surface area (Å²) in [5.41, 5.74) is 0. The van der Waals surface area contributed by atoms with Crippen LogP contribution in [0, 0.1) is 0 Å². The molecule has 2 heterocycles. The van der Waals surface area contributed by atoms with Crippen LogP contribution in [0.5, 0.6) is 0 Å². The van der Waals surface area contributed by atoms with E-state index >= 15 is 0 Å². The first kappa shape index (κ1) is 16.2. The third kappa shape index (κ3) is 3.93. The molecule has 0 aromatic carbocycles. The lowest BCUT2D eigenvalue weighted by atomic mass is 10.0. The maximum Gasteiger partial charge on any atom is 0.282 e. The van der Waals surface area contributed by atoms with Gasteiger partial charge < -0.3 is 5.32 Å². The van der Waals surface area contributed by atoms with Gasteiger partial charge in [0.2, 0.25) is 0 Å². The van der Waals surface area contributed by atoms with E-state index in [1.165, 1.54) is 0 Å². The lowest BCUT2D eigenvalue weighted by molar-refractivity contribution is 0.216. The molecule has 2 fully saturated rings. The van der Waals surface area contributed by atoms with Gasteiger partial charge in [-0.2, -0.15) is 17.0 Å². The normalized spacial score (nSPS) is 27.1. The van der Waals surface area contributed by atoms with Crippen LogP contribution in [0.15, 0.2) is 0 Å². The molecule has 1 atom stereocenters. The molecule has 20 heavy (non-hydrogen) atoms. The molecule has 1 N–H and O–H groups in total. The van der Waals surface area contributed by atoms with E-state index in [2.05, 4.69) is 19.2 Å². The van der Waals surface area contributed by atoms with Crippen LogP contribution in [0.25, 0.3) is 0 Å². The minimum absolute atomic E-state index is 0.123. The van der Waals surface area contributed by atoms with Crippen molar-refractivity contribution in [1.82, 2.24) is 13.9 Å². The third-order valence-electron chi connectivity index (χ3n) is 4.27. The molecule has 0 radical (unpaired) electrons. The van der Waals surface area contributed by atoms with E-state index < -0.39 is 10.2 Å². The Labute approximate surface area is 123 Å². The topological polar surface area (TPSA) is 52.7 Å². The summed E-state index contributed by atoms with van der Waals surface area (Å²) in [5, 5.41) is 3.40. The Balaban J connectivity index is 2.05. The molecule has 1 unspecified atom stereocenters. The average molecular weight is 303 g/mol. The first-order chi connectivity index (χ1) is 9.51. The van der Waals surface area contributed by atoms with Crippen LogP contribution < -0.4 is 5.32 Å². The predicted molar refractivity (Wildman–Crippen MR) is 81.8 cm³/mol. The predicted octanol–water partition coefficient (Wildman–Crippen LogP) is 1.57. The van der Waals surface area contributed by atoms with Crippen LogP contribution in [-0.4, -0.2) is 55.3 Å². The second-order valence-electron chi connectivity index (χ2n) is 6.29. The highest BCUT2D eigenvalue weighted by Gasteiger charge is 2.36. The molecule has 2 aliphatic rings. The van der Waals surface area contributed by atoms with Crippen molar-refractivity contribution in [3.8, 4) is 0 Å². The van der Waals surface area contributed by atoms with Gasteiger partial charge in [0, 0.05) is 38.3 Å². The third-order valence-corrected chi connectivity index (χ3v) is 6.36. The van der Waals surface area contributed by atoms with Crippen molar-refractivity contribution in [1.29, 1.82) is 0 Å². The van der Waals surface area contributed by atoms with Crippen LogP contribution in [0.1, 0.15) is 52.4 Å². The number of piperidine rings is 2. The van der Waals surface area contributed by atoms with Gasteiger partial charge in [0.25, 0.3) is 10.2 Å². The summed E-state index contributed by atoms with van der Waals surface area (Å²) in [5.74, 6) is 0. The zero-order valence-electron chi connectivity index (χ0n) is 12.8. The number of rotatable bonds is 5. The van der Waals surface area contributed by atoms with Crippen molar-refractivity contribution in [2.45, 2.75) is 64.5 Å². The van der Waals surface area contributed by atoms with Crippen LogP contribution in [0.3, 0.4) is 0 Å². The van der Waals surface area contributed by atoms with Gasteiger partial charge in [0.1, 0.15) is 0 Å². The summed E-state index contributed by atoms with van der Waals surface area (Å²) in [6.45, 7) is 7.05. The quantitative estimate of drug-likeness (QED) is 0.839. The van der Waals surface area contributed by atoms with Gasteiger partial charge >= 0.3 is 0 Å². The van der Waals surface area contributed by atoms with E-state index in [1.54, 1.807) is 8.61 Å². The standard InChI is InChI=1S/C14H29N3O2S/c1-13(2)15-12-14-8-4-7-11-17(14)20(18,19)16-9-5-3-6-10-16/h13-15H,3-12H2,1-2H3. The Morgan fingerprint density at radius 2 is 1.70 bits per heavy atom. The molecule has 5 nitrogen and oxygen atoms in total. The number of hydrogen-bond donors (Lipinski definition) is 1. The fourth-order valence-corrected chi connectivity index (χ4v) is 5.03. The molecule has 0 amide bonds. The monoisotopic (exact) mass is 303 g/mol. The molecule has 0 saturated carbocycles. The van der Waals surface area contributed by atoms with Gasteiger partial charge in [-0.25, -0.2) is 0 Å². The van der Waals surface area contributed by atoms with E-state index in [0.717, 1.165) is 45.1 Å². The highest BCUT2D eigenvalue weighted by Crippen LogP contribution is 2.24. The van der Waals surface area contributed by atoms with Crippen LogP contribution in [-0.2, 0) is 10.2 Å². The minimum Gasteiger partial charge on any atom is -0.313 e. The summed E-state index contributed by atoms with van der Waals surface area (Å²) in [6, 6.07) is 0.523. The van der Waals surface area contributed by atoms with Gasteiger partial charge in [0.15, 0.2) is 0 Å². The second-order valence-corrected chi connectivity index (χ2v) is 8.17. The van der Waals surface area contributed by atoms with Gasteiger partial charge in [-0.1, -0.05) is 26.7 Å². The van der Waals surface area contributed by atoms with Crippen LogP contribution in [0.2, 0.25) is 0 Å². The number of nitrogens with zero attached hydrogens (tertiary/aromatic N) is 2. The second kappa shape index (κ2) is 7.20. The maximum absolute atomic E-state index is 12.8. The average Bonchev–Trinajstić information content (AvgIpc) is 2.46. The Morgan fingerprint density at radius 3 is 2.35 bits per heavy atom. The molecular formula is C14H29N3O2S. The smallest absolute Gasteiger partial charge is 0.282 e. The molecule has 0 bridgehead atoms. The van der Waals surface area contributed by atoms with Crippen molar-refractivity contribution in [2.75, 3.05) is 26.2 Å². The first-order valence-electron chi connectivity index (χ1n) is 8.02. The first-order valence-corrected chi connectivity index (χ1v) is 9.42. The van der Waals surface area contributed by atoms with Crippen molar-refractivity contribution < 1.29 is 8.42 Å². The SMILES string of the molecule is CC(C)NCC1CCCCN1S(=O)(=O)N1CCCCC1. The highest BCUT2D eigenvalue weighted by molar-refractivity contribution is 7.86. The van der Waals surface area contributed by atoms with E-state index in [0.29, 0.717) is 25.7 Å². The Bertz CT molecular complexity index is 391. The van der Waals surface area contributed by atoms with Crippen LogP contribution in [0.4, 0.5) is 0 Å². The van der Waals surface area contributed by atoms with E-state index in [-0.39, 0.29) is 6.04 Å². The van der Waals surface area contributed by atoms with E-state index in [1.807, 2.05) is 0 Å². The van der Waals surface area contributed by atoms with Crippen molar-refractivity contribution in [3.05, 3.63) is 0 Å². The van der Waals surface area contributed by atoms with Crippen molar-refractivity contribution in [2.24, 2.45) is 0 Å². The van der Waals surface area contributed by atoms with E-state index in [9.17, 15) is 8.42 Å². The maximum atomic E-state index is 12.8. The summed E-state index contributed by atoms with van der Waals surface area (Å²) < 4.78 is 29.1.